The van der Waals surface area contributed by atoms with E-state index in [2.05, 4.69) is 55.5 Å². The van der Waals surface area contributed by atoms with Gasteiger partial charge in [0.2, 0.25) is 0 Å². The van der Waals surface area contributed by atoms with E-state index in [1.165, 1.54) is 27.8 Å². The maximum Gasteiger partial charge on any atom is 0.335 e. The molecule has 0 bridgehead atoms. The summed E-state index contributed by atoms with van der Waals surface area (Å²) in [6.45, 7) is 2.11. The van der Waals surface area contributed by atoms with Gasteiger partial charge in [-0.25, -0.2) is 4.79 Å². The summed E-state index contributed by atoms with van der Waals surface area (Å²) in [4.78, 5) is 10.9. The third kappa shape index (κ3) is 5.06. The van der Waals surface area contributed by atoms with Gasteiger partial charge < -0.3 is 5.11 Å². The fourth-order valence-electron chi connectivity index (χ4n) is 3.02. The molecule has 0 atom stereocenters. The minimum absolute atomic E-state index is 0.340. The Labute approximate surface area is 155 Å². The summed E-state index contributed by atoms with van der Waals surface area (Å²) >= 11 is 0. The van der Waals surface area contributed by atoms with Gasteiger partial charge in [-0.3, -0.25) is 0 Å². The van der Waals surface area contributed by atoms with Crippen LogP contribution in [0.15, 0.2) is 72.8 Å². The normalized spacial score (nSPS) is 10.7. The van der Waals surface area contributed by atoms with Crippen molar-refractivity contribution in [3.05, 3.63) is 106 Å². The lowest BCUT2D eigenvalue weighted by Gasteiger charge is -2.06. The van der Waals surface area contributed by atoms with E-state index in [0.29, 0.717) is 5.56 Å². The van der Waals surface area contributed by atoms with Gasteiger partial charge in [-0.15, -0.1) is 0 Å². The van der Waals surface area contributed by atoms with Gasteiger partial charge in [0.05, 0.1) is 5.56 Å². The highest BCUT2D eigenvalue weighted by Gasteiger charge is 2.02. The van der Waals surface area contributed by atoms with Crippen molar-refractivity contribution in [1.82, 2.24) is 0 Å². The first-order valence-corrected chi connectivity index (χ1v) is 9.06. The highest BCUT2D eigenvalue weighted by atomic mass is 16.4. The lowest BCUT2D eigenvalue weighted by Crippen LogP contribution is -1.97. The summed E-state index contributed by atoms with van der Waals surface area (Å²) in [6.07, 6.45) is 4.00. The Kier molecular flexibility index (Phi) is 5.85. The van der Waals surface area contributed by atoms with Crippen LogP contribution in [0.2, 0.25) is 0 Å². The first-order valence-electron chi connectivity index (χ1n) is 9.06. The Morgan fingerprint density at radius 2 is 0.923 bits per heavy atom. The van der Waals surface area contributed by atoms with E-state index in [-0.39, 0.29) is 0 Å². The quantitative estimate of drug-likeness (QED) is 0.634. The molecule has 3 aromatic rings. The molecule has 0 spiro atoms. The average molecular weight is 344 g/mol. The van der Waals surface area contributed by atoms with Crippen LogP contribution >= 0.6 is 0 Å². The predicted molar refractivity (Wildman–Crippen MR) is 106 cm³/mol. The van der Waals surface area contributed by atoms with Gasteiger partial charge in [0.15, 0.2) is 0 Å². The molecule has 0 radical (unpaired) electrons. The molecule has 0 aliphatic rings. The fourth-order valence-corrected chi connectivity index (χ4v) is 3.02. The number of hydrogen-bond acceptors (Lipinski definition) is 1. The maximum atomic E-state index is 10.9. The molecule has 0 fully saturated rings. The summed E-state index contributed by atoms with van der Waals surface area (Å²) in [5, 5.41) is 8.94. The monoisotopic (exact) mass is 344 g/mol. The van der Waals surface area contributed by atoms with Crippen molar-refractivity contribution in [1.29, 1.82) is 0 Å². The van der Waals surface area contributed by atoms with Crippen LogP contribution in [0.3, 0.4) is 0 Å². The molecule has 132 valence electrons. The van der Waals surface area contributed by atoms with E-state index in [0.717, 1.165) is 25.7 Å². The van der Waals surface area contributed by atoms with E-state index in [9.17, 15) is 4.79 Å². The smallest absolute Gasteiger partial charge is 0.335 e. The van der Waals surface area contributed by atoms with Crippen molar-refractivity contribution < 1.29 is 9.90 Å². The van der Waals surface area contributed by atoms with Crippen molar-refractivity contribution in [3.63, 3.8) is 0 Å². The molecule has 0 aliphatic carbocycles. The van der Waals surface area contributed by atoms with Crippen molar-refractivity contribution in [2.75, 3.05) is 0 Å². The number of carbonyl (C=O) groups is 1. The van der Waals surface area contributed by atoms with Crippen LogP contribution in [0.1, 0.15) is 38.2 Å². The van der Waals surface area contributed by atoms with Gasteiger partial charge in [-0.2, -0.15) is 0 Å². The molecule has 3 rings (SSSR count). The van der Waals surface area contributed by atoms with Crippen molar-refractivity contribution in [2.24, 2.45) is 0 Å². The molecule has 0 aliphatic heterocycles. The van der Waals surface area contributed by atoms with Crippen molar-refractivity contribution in [2.45, 2.75) is 32.6 Å². The van der Waals surface area contributed by atoms with Gasteiger partial charge >= 0.3 is 5.97 Å². The topological polar surface area (TPSA) is 37.3 Å². The van der Waals surface area contributed by atoms with E-state index < -0.39 is 5.97 Å². The minimum Gasteiger partial charge on any atom is -0.478 e. The minimum atomic E-state index is -0.877. The second kappa shape index (κ2) is 8.48. The lowest BCUT2D eigenvalue weighted by atomic mass is 9.99. The highest BCUT2D eigenvalue weighted by Crippen LogP contribution is 2.13. The van der Waals surface area contributed by atoms with Crippen LogP contribution in [0.25, 0.3) is 0 Å². The summed E-state index contributed by atoms with van der Waals surface area (Å²) in [7, 11) is 0. The maximum absolute atomic E-state index is 10.9. The number of aryl methyl sites for hydroxylation is 5. The van der Waals surface area contributed by atoms with Crippen LogP contribution in [0, 0.1) is 6.92 Å². The average Bonchev–Trinajstić information content (AvgIpc) is 2.67. The second-order valence-corrected chi connectivity index (χ2v) is 6.80. The zero-order valence-corrected chi connectivity index (χ0v) is 15.1. The Morgan fingerprint density at radius 1 is 0.615 bits per heavy atom. The van der Waals surface area contributed by atoms with E-state index >= 15 is 0 Å². The second-order valence-electron chi connectivity index (χ2n) is 6.80. The van der Waals surface area contributed by atoms with Gasteiger partial charge in [-0.05, 0) is 67.0 Å². The highest BCUT2D eigenvalue weighted by molar-refractivity contribution is 5.87. The molecule has 0 unspecified atom stereocenters. The summed E-state index contributed by atoms with van der Waals surface area (Å²) in [5.41, 5.74) is 6.86. The third-order valence-corrected chi connectivity index (χ3v) is 4.75. The zero-order chi connectivity index (χ0) is 18.4. The number of carboxylic acids is 1. The molecular formula is C24H24O2. The van der Waals surface area contributed by atoms with Crippen LogP contribution in [-0.4, -0.2) is 11.1 Å². The van der Waals surface area contributed by atoms with Gasteiger partial charge in [0, 0.05) is 0 Å². The van der Waals surface area contributed by atoms with Crippen LogP contribution in [-0.2, 0) is 25.7 Å². The Bertz CT molecular complexity index is 844. The van der Waals surface area contributed by atoms with E-state index in [1.54, 1.807) is 12.1 Å². The SMILES string of the molecule is Cc1ccc(CCc2ccc(CCc3ccc(C(=O)O)cc3)cc2)cc1. The number of benzene rings is 3. The number of rotatable bonds is 7. The van der Waals surface area contributed by atoms with E-state index in [1.807, 2.05) is 12.1 Å². The lowest BCUT2D eigenvalue weighted by molar-refractivity contribution is 0.0697. The number of aromatic carboxylic acids is 1. The standard InChI is InChI=1S/C24H24O2/c1-18-2-4-19(5-3-18)6-7-20-8-10-21(11-9-20)12-13-22-14-16-23(17-15-22)24(25)26/h2-5,8-11,14-17H,6-7,12-13H2,1H3,(H,25,26). The largest absolute Gasteiger partial charge is 0.478 e. The van der Waals surface area contributed by atoms with Crippen molar-refractivity contribution in [3.8, 4) is 0 Å². The summed E-state index contributed by atoms with van der Waals surface area (Å²) in [5.74, 6) is -0.877. The third-order valence-electron chi connectivity index (χ3n) is 4.75. The molecule has 2 nitrogen and oxygen atoms in total. The Morgan fingerprint density at radius 3 is 1.27 bits per heavy atom. The summed E-state index contributed by atoms with van der Waals surface area (Å²) in [6, 6.07) is 24.7. The van der Waals surface area contributed by atoms with Crippen LogP contribution in [0.5, 0.6) is 0 Å². The van der Waals surface area contributed by atoms with Crippen LogP contribution < -0.4 is 0 Å². The molecule has 2 heteroatoms. The number of carboxylic acid groups (broad SMARTS) is 1. The Hall–Kier alpha value is -2.87. The fraction of sp³-hybridized carbons (Fsp3) is 0.208. The molecule has 0 aromatic heterocycles. The van der Waals surface area contributed by atoms with Gasteiger partial charge in [0.25, 0.3) is 0 Å². The molecule has 3 aromatic carbocycles. The molecule has 1 N–H and O–H groups in total. The first-order chi connectivity index (χ1) is 12.6. The first kappa shape index (κ1) is 17.9. The van der Waals surface area contributed by atoms with Gasteiger partial charge in [-0.1, -0.05) is 66.2 Å². The van der Waals surface area contributed by atoms with Gasteiger partial charge in [0.1, 0.15) is 0 Å². The molecule has 0 amide bonds. The zero-order valence-electron chi connectivity index (χ0n) is 15.1. The number of hydrogen-bond donors (Lipinski definition) is 1. The molecule has 0 heterocycles. The molecule has 26 heavy (non-hydrogen) atoms. The molecular weight excluding hydrogens is 320 g/mol. The Balaban J connectivity index is 1.50. The summed E-state index contributed by atoms with van der Waals surface area (Å²) < 4.78 is 0. The van der Waals surface area contributed by atoms with Crippen LogP contribution in [0.4, 0.5) is 0 Å². The van der Waals surface area contributed by atoms with E-state index in [4.69, 9.17) is 5.11 Å². The molecule has 0 saturated heterocycles. The van der Waals surface area contributed by atoms with Crippen molar-refractivity contribution >= 4 is 5.97 Å². The molecule has 0 saturated carbocycles. The predicted octanol–water partition coefficient (Wildman–Crippen LogP) is 5.26.